The number of amides is 2. The number of carbonyl (C=O) groups is 2. The molecule has 1 aliphatic rings. The number of hydrogen-bond acceptors (Lipinski definition) is 3. The second kappa shape index (κ2) is 5.93. The first-order chi connectivity index (χ1) is 9.86. The Kier molecular flexibility index (Phi) is 4.41. The van der Waals surface area contributed by atoms with Gasteiger partial charge in [-0.2, -0.15) is 0 Å². The first-order valence-electron chi connectivity index (χ1n) is 6.53. The Bertz CT molecular complexity index is 574. The Balaban J connectivity index is 2.06. The van der Waals surface area contributed by atoms with E-state index in [-0.39, 0.29) is 5.92 Å². The third kappa shape index (κ3) is 3.47. The van der Waals surface area contributed by atoms with Crippen molar-refractivity contribution in [2.75, 3.05) is 12.4 Å². The summed E-state index contributed by atoms with van der Waals surface area (Å²) in [5.41, 5.74) is -0.708. The van der Waals surface area contributed by atoms with Crippen LogP contribution < -0.4 is 15.4 Å². The largest absolute Gasteiger partial charge is 0.495 e. The first kappa shape index (κ1) is 15.6. The van der Waals surface area contributed by atoms with E-state index < -0.39 is 17.5 Å². The SMILES string of the molecule is COc1cc(NC(=O)NC(C)(C(=O)O)C2CC2)ccc1Br. The van der Waals surface area contributed by atoms with Crippen molar-refractivity contribution in [1.82, 2.24) is 5.32 Å². The molecule has 0 radical (unpaired) electrons. The predicted molar refractivity (Wildman–Crippen MR) is 81.6 cm³/mol. The molecule has 1 atom stereocenters. The van der Waals surface area contributed by atoms with Crippen molar-refractivity contribution in [2.45, 2.75) is 25.3 Å². The summed E-state index contributed by atoms with van der Waals surface area (Å²) < 4.78 is 5.91. The van der Waals surface area contributed by atoms with Gasteiger partial charge < -0.3 is 20.5 Å². The van der Waals surface area contributed by atoms with E-state index in [0.29, 0.717) is 11.4 Å². The summed E-state index contributed by atoms with van der Waals surface area (Å²) >= 11 is 3.32. The molecule has 3 N–H and O–H groups in total. The van der Waals surface area contributed by atoms with Crippen LogP contribution in [0, 0.1) is 5.92 Å². The number of benzene rings is 1. The fourth-order valence-electron chi connectivity index (χ4n) is 2.13. The normalized spacial score (nSPS) is 16.7. The van der Waals surface area contributed by atoms with Crippen LogP contribution in [0.4, 0.5) is 10.5 Å². The number of methoxy groups -OCH3 is 1. The van der Waals surface area contributed by atoms with E-state index in [1.54, 1.807) is 18.2 Å². The standard InChI is InChI=1S/C14H17BrN2O4/c1-14(12(18)19,8-3-4-8)17-13(20)16-9-5-6-10(15)11(7-9)21-2/h5-8H,3-4H2,1-2H3,(H,18,19)(H2,16,17,20). The van der Waals surface area contributed by atoms with Gasteiger partial charge in [0.15, 0.2) is 0 Å². The molecule has 114 valence electrons. The molecule has 6 nitrogen and oxygen atoms in total. The zero-order valence-electron chi connectivity index (χ0n) is 11.8. The number of carbonyl (C=O) groups excluding carboxylic acids is 1. The number of urea groups is 1. The highest BCUT2D eigenvalue weighted by molar-refractivity contribution is 9.10. The molecular formula is C14H17BrN2O4. The van der Waals surface area contributed by atoms with Gasteiger partial charge in [0.25, 0.3) is 0 Å². The number of anilines is 1. The van der Waals surface area contributed by atoms with Crippen molar-refractivity contribution >= 4 is 33.6 Å². The van der Waals surface area contributed by atoms with Crippen molar-refractivity contribution in [1.29, 1.82) is 0 Å². The van der Waals surface area contributed by atoms with E-state index in [4.69, 9.17) is 4.74 Å². The lowest BCUT2D eigenvalue weighted by atomic mass is 9.96. The van der Waals surface area contributed by atoms with E-state index in [2.05, 4.69) is 26.6 Å². The molecule has 0 aliphatic heterocycles. The van der Waals surface area contributed by atoms with Crippen LogP contribution in [0.3, 0.4) is 0 Å². The Morgan fingerprint density at radius 1 is 1.43 bits per heavy atom. The minimum atomic E-state index is -1.23. The van der Waals surface area contributed by atoms with E-state index in [1.165, 1.54) is 14.0 Å². The van der Waals surface area contributed by atoms with Crippen LogP contribution in [0.15, 0.2) is 22.7 Å². The van der Waals surface area contributed by atoms with Crippen molar-refractivity contribution in [3.05, 3.63) is 22.7 Å². The zero-order chi connectivity index (χ0) is 15.6. The zero-order valence-corrected chi connectivity index (χ0v) is 13.4. The summed E-state index contributed by atoms with van der Waals surface area (Å²) in [5, 5.41) is 14.5. The van der Waals surface area contributed by atoms with Crippen LogP contribution >= 0.6 is 15.9 Å². The molecular weight excluding hydrogens is 340 g/mol. The summed E-state index contributed by atoms with van der Waals surface area (Å²) in [6.07, 6.45) is 1.63. The number of nitrogens with one attached hydrogen (secondary N) is 2. The Hall–Kier alpha value is -1.76. The van der Waals surface area contributed by atoms with Crippen LogP contribution in [0.2, 0.25) is 0 Å². The van der Waals surface area contributed by atoms with Gasteiger partial charge in [-0.1, -0.05) is 0 Å². The second-order valence-electron chi connectivity index (χ2n) is 5.21. The summed E-state index contributed by atoms with van der Waals surface area (Å²) in [5.74, 6) is -0.454. The molecule has 1 fully saturated rings. The van der Waals surface area contributed by atoms with Crippen LogP contribution in [0.1, 0.15) is 19.8 Å². The number of carboxylic acid groups (broad SMARTS) is 1. The van der Waals surface area contributed by atoms with Gasteiger partial charge in [-0.3, -0.25) is 0 Å². The molecule has 1 aromatic rings. The number of ether oxygens (including phenoxy) is 1. The Morgan fingerprint density at radius 3 is 2.62 bits per heavy atom. The average molecular weight is 357 g/mol. The molecule has 1 saturated carbocycles. The summed E-state index contributed by atoms with van der Waals surface area (Å²) in [6.45, 7) is 1.54. The highest BCUT2D eigenvalue weighted by atomic mass is 79.9. The maximum Gasteiger partial charge on any atom is 0.329 e. The van der Waals surface area contributed by atoms with Crippen molar-refractivity contribution in [3.8, 4) is 5.75 Å². The van der Waals surface area contributed by atoms with E-state index >= 15 is 0 Å². The van der Waals surface area contributed by atoms with Crippen LogP contribution in [0.25, 0.3) is 0 Å². The topological polar surface area (TPSA) is 87.7 Å². The summed E-state index contributed by atoms with van der Waals surface area (Å²) in [4.78, 5) is 23.4. The lowest BCUT2D eigenvalue weighted by Gasteiger charge is -2.26. The van der Waals surface area contributed by atoms with Crippen molar-refractivity contribution < 1.29 is 19.4 Å². The molecule has 2 rings (SSSR count). The van der Waals surface area contributed by atoms with Crippen LogP contribution in [0.5, 0.6) is 5.75 Å². The summed E-state index contributed by atoms with van der Waals surface area (Å²) in [7, 11) is 1.53. The van der Waals surface area contributed by atoms with E-state index in [1.807, 2.05) is 0 Å². The average Bonchev–Trinajstić information content (AvgIpc) is 3.25. The molecule has 0 heterocycles. The molecule has 0 spiro atoms. The van der Waals surface area contributed by atoms with E-state index in [9.17, 15) is 14.7 Å². The van der Waals surface area contributed by atoms with Gasteiger partial charge in [-0.15, -0.1) is 0 Å². The fourth-order valence-corrected chi connectivity index (χ4v) is 2.54. The Morgan fingerprint density at radius 2 is 2.10 bits per heavy atom. The lowest BCUT2D eigenvalue weighted by Crippen LogP contribution is -2.55. The molecule has 0 bridgehead atoms. The summed E-state index contributed by atoms with van der Waals surface area (Å²) in [6, 6.07) is 4.54. The highest BCUT2D eigenvalue weighted by Crippen LogP contribution is 2.39. The molecule has 21 heavy (non-hydrogen) atoms. The van der Waals surface area contributed by atoms with Crippen molar-refractivity contribution in [2.24, 2.45) is 5.92 Å². The van der Waals surface area contributed by atoms with Gasteiger partial charge in [0.1, 0.15) is 11.3 Å². The maximum absolute atomic E-state index is 12.0. The van der Waals surface area contributed by atoms with Crippen LogP contribution in [-0.4, -0.2) is 29.8 Å². The number of halogens is 1. The van der Waals surface area contributed by atoms with Gasteiger partial charge in [0, 0.05) is 11.8 Å². The molecule has 1 aromatic carbocycles. The molecule has 2 amide bonds. The number of hydrogen-bond donors (Lipinski definition) is 3. The molecule has 1 unspecified atom stereocenters. The minimum absolute atomic E-state index is 0.0137. The third-order valence-corrected chi connectivity index (χ3v) is 4.28. The van der Waals surface area contributed by atoms with E-state index in [0.717, 1.165) is 17.3 Å². The second-order valence-corrected chi connectivity index (χ2v) is 6.06. The Labute approximate surface area is 131 Å². The molecule has 7 heteroatoms. The number of carboxylic acids is 1. The number of rotatable bonds is 5. The predicted octanol–water partition coefficient (Wildman–Crippen LogP) is 2.83. The van der Waals surface area contributed by atoms with Crippen LogP contribution in [-0.2, 0) is 4.79 Å². The highest BCUT2D eigenvalue weighted by Gasteiger charge is 2.48. The van der Waals surface area contributed by atoms with Gasteiger partial charge in [-0.05, 0) is 53.7 Å². The molecule has 0 aromatic heterocycles. The molecule has 0 saturated heterocycles. The smallest absolute Gasteiger partial charge is 0.329 e. The third-order valence-electron chi connectivity index (χ3n) is 3.62. The molecule has 1 aliphatic carbocycles. The minimum Gasteiger partial charge on any atom is -0.495 e. The maximum atomic E-state index is 12.0. The van der Waals surface area contributed by atoms with Gasteiger partial charge in [-0.25, -0.2) is 9.59 Å². The monoisotopic (exact) mass is 356 g/mol. The van der Waals surface area contributed by atoms with Gasteiger partial charge in [0.2, 0.25) is 0 Å². The number of aliphatic carboxylic acids is 1. The lowest BCUT2D eigenvalue weighted by molar-refractivity contribution is -0.144. The first-order valence-corrected chi connectivity index (χ1v) is 7.32. The van der Waals surface area contributed by atoms with Crippen molar-refractivity contribution in [3.63, 3.8) is 0 Å². The van der Waals surface area contributed by atoms with Gasteiger partial charge >= 0.3 is 12.0 Å². The van der Waals surface area contributed by atoms with Gasteiger partial charge in [0.05, 0.1) is 11.6 Å². The fraction of sp³-hybridized carbons (Fsp3) is 0.429. The quantitative estimate of drug-likeness (QED) is 0.756.